The molecule has 0 aliphatic rings. The van der Waals surface area contributed by atoms with E-state index in [0.717, 1.165) is 33.0 Å². The highest BCUT2D eigenvalue weighted by Crippen LogP contribution is 2.41. The van der Waals surface area contributed by atoms with Crippen LogP contribution in [0.1, 0.15) is 24.1 Å². The minimum Gasteiger partial charge on any atom is -0.507 e. The third-order valence-electron chi connectivity index (χ3n) is 5.02. The van der Waals surface area contributed by atoms with Gasteiger partial charge >= 0.3 is 0 Å². The van der Waals surface area contributed by atoms with Gasteiger partial charge in [-0.05, 0) is 55.1 Å². The quantitative estimate of drug-likeness (QED) is 0.447. The topological polar surface area (TPSA) is 65.1 Å². The van der Waals surface area contributed by atoms with Crippen LogP contribution < -0.4 is 10.9 Å². The standard InChI is InChI=1S/C21H20N2O2S.ClH/c1-11-10-16(24)17(14-6-4-13(5-7-14)12(2)22-3)18-15-8-9-26-20(15)21(25)23-19(11)18;/h4-10,12,22,24H,1-3H3,(H,23,25);1H. The zero-order chi connectivity index (χ0) is 18.4. The number of aromatic amines is 1. The molecule has 3 N–H and O–H groups in total. The van der Waals surface area contributed by atoms with Crippen LogP contribution in [0, 0.1) is 6.92 Å². The molecular weight excluding hydrogens is 380 g/mol. The van der Waals surface area contributed by atoms with Gasteiger partial charge in [-0.25, -0.2) is 0 Å². The van der Waals surface area contributed by atoms with E-state index in [1.165, 1.54) is 16.9 Å². The highest BCUT2D eigenvalue weighted by Gasteiger charge is 2.17. The number of halogens is 1. The molecule has 0 fully saturated rings. The first-order valence-corrected chi connectivity index (χ1v) is 9.42. The summed E-state index contributed by atoms with van der Waals surface area (Å²) in [6.07, 6.45) is 0. The van der Waals surface area contributed by atoms with Crippen LogP contribution in [0.5, 0.6) is 5.75 Å². The highest BCUT2D eigenvalue weighted by molar-refractivity contribution is 7.17. The van der Waals surface area contributed by atoms with Gasteiger partial charge in [0.25, 0.3) is 5.56 Å². The predicted octanol–water partition coefficient (Wildman–Crippen LogP) is 5.13. The Hall–Kier alpha value is -2.34. The molecule has 2 heterocycles. The van der Waals surface area contributed by atoms with Crippen molar-refractivity contribution in [1.82, 2.24) is 10.3 Å². The Morgan fingerprint density at radius 2 is 1.89 bits per heavy atom. The van der Waals surface area contributed by atoms with Crippen LogP contribution in [-0.4, -0.2) is 17.1 Å². The smallest absolute Gasteiger partial charge is 0.266 e. The number of aromatic hydroxyl groups is 1. The van der Waals surface area contributed by atoms with E-state index in [-0.39, 0.29) is 29.8 Å². The minimum atomic E-state index is -0.0829. The molecule has 4 nitrogen and oxygen atoms in total. The van der Waals surface area contributed by atoms with Gasteiger partial charge in [0.05, 0.1) is 5.52 Å². The van der Waals surface area contributed by atoms with Gasteiger partial charge in [-0.2, -0.15) is 0 Å². The molecular formula is C21H21ClN2O2S. The first kappa shape index (κ1) is 19.4. The first-order chi connectivity index (χ1) is 12.5. The number of aryl methyl sites for hydroxylation is 1. The molecule has 27 heavy (non-hydrogen) atoms. The van der Waals surface area contributed by atoms with Crippen LogP contribution in [0.4, 0.5) is 0 Å². The number of phenols is 1. The number of H-pyrrole nitrogens is 1. The van der Waals surface area contributed by atoms with Crippen molar-refractivity contribution in [3.63, 3.8) is 0 Å². The summed E-state index contributed by atoms with van der Waals surface area (Å²) in [4.78, 5) is 15.4. The summed E-state index contributed by atoms with van der Waals surface area (Å²) in [6, 6.07) is 12.1. The molecule has 1 atom stereocenters. The normalized spacial score (nSPS) is 12.3. The summed E-state index contributed by atoms with van der Waals surface area (Å²) < 4.78 is 0.684. The van der Waals surface area contributed by atoms with Crippen LogP contribution in [0.25, 0.3) is 32.1 Å². The Balaban J connectivity index is 0.00000210. The van der Waals surface area contributed by atoms with Crippen molar-refractivity contribution in [2.45, 2.75) is 19.9 Å². The van der Waals surface area contributed by atoms with E-state index in [2.05, 4.69) is 29.4 Å². The summed E-state index contributed by atoms with van der Waals surface area (Å²) in [5, 5.41) is 17.7. The Labute approximate surface area is 167 Å². The highest BCUT2D eigenvalue weighted by atomic mass is 35.5. The zero-order valence-electron chi connectivity index (χ0n) is 15.3. The van der Waals surface area contributed by atoms with Crippen molar-refractivity contribution < 1.29 is 5.11 Å². The van der Waals surface area contributed by atoms with E-state index >= 15 is 0 Å². The van der Waals surface area contributed by atoms with Gasteiger partial charge in [0.2, 0.25) is 0 Å². The van der Waals surface area contributed by atoms with Crippen LogP contribution in [0.15, 0.2) is 46.6 Å². The minimum absolute atomic E-state index is 0. The number of pyridine rings is 1. The van der Waals surface area contributed by atoms with E-state index in [0.29, 0.717) is 4.70 Å². The van der Waals surface area contributed by atoms with Gasteiger partial charge < -0.3 is 15.4 Å². The largest absolute Gasteiger partial charge is 0.507 e. The summed E-state index contributed by atoms with van der Waals surface area (Å²) in [7, 11) is 1.93. The Morgan fingerprint density at radius 1 is 1.19 bits per heavy atom. The van der Waals surface area contributed by atoms with Crippen molar-refractivity contribution in [3.05, 3.63) is 63.3 Å². The first-order valence-electron chi connectivity index (χ1n) is 8.54. The molecule has 0 aliphatic heterocycles. The third kappa shape index (κ3) is 3.12. The SMILES string of the molecule is CNC(C)c1ccc(-c2c(O)cc(C)c3[nH]c(=O)c4sccc4c23)cc1.Cl. The molecule has 0 saturated carbocycles. The van der Waals surface area contributed by atoms with Gasteiger partial charge in [0.15, 0.2) is 0 Å². The van der Waals surface area contributed by atoms with Crippen molar-refractivity contribution in [2.24, 2.45) is 0 Å². The van der Waals surface area contributed by atoms with Crippen LogP contribution >= 0.6 is 23.7 Å². The molecule has 4 rings (SSSR count). The molecule has 4 aromatic rings. The molecule has 0 radical (unpaired) electrons. The van der Waals surface area contributed by atoms with Gasteiger partial charge in [0, 0.05) is 22.4 Å². The Bertz CT molecular complexity index is 1180. The summed E-state index contributed by atoms with van der Waals surface area (Å²) >= 11 is 1.42. The number of benzene rings is 2. The second-order valence-electron chi connectivity index (χ2n) is 6.59. The van der Waals surface area contributed by atoms with Crippen molar-refractivity contribution in [2.75, 3.05) is 7.05 Å². The number of rotatable bonds is 3. The lowest BCUT2D eigenvalue weighted by atomic mass is 9.94. The molecule has 0 amide bonds. The monoisotopic (exact) mass is 400 g/mol. The average molecular weight is 401 g/mol. The number of nitrogens with one attached hydrogen (secondary N) is 2. The second kappa shape index (κ2) is 7.35. The Morgan fingerprint density at radius 3 is 2.56 bits per heavy atom. The summed E-state index contributed by atoms with van der Waals surface area (Å²) in [5.41, 5.74) is 4.42. The number of hydrogen-bond acceptors (Lipinski definition) is 4. The van der Waals surface area contributed by atoms with E-state index in [1.54, 1.807) is 6.07 Å². The molecule has 2 aromatic heterocycles. The van der Waals surface area contributed by atoms with Gasteiger partial charge in [-0.15, -0.1) is 23.7 Å². The molecule has 1 unspecified atom stereocenters. The van der Waals surface area contributed by atoms with Gasteiger partial charge in [-0.1, -0.05) is 24.3 Å². The molecule has 6 heteroatoms. The maximum atomic E-state index is 12.4. The Kier molecular flexibility index (Phi) is 5.29. The maximum Gasteiger partial charge on any atom is 0.266 e. The number of phenolic OH excluding ortho intramolecular Hbond substituents is 1. The maximum absolute atomic E-state index is 12.4. The fourth-order valence-electron chi connectivity index (χ4n) is 3.48. The number of aromatic nitrogens is 1. The number of fused-ring (bicyclic) bond motifs is 3. The fraction of sp³-hybridized carbons (Fsp3) is 0.190. The molecule has 0 spiro atoms. The van der Waals surface area contributed by atoms with Crippen LogP contribution in [0.3, 0.4) is 0 Å². The second-order valence-corrected chi connectivity index (χ2v) is 7.50. The van der Waals surface area contributed by atoms with Crippen LogP contribution in [0.2, 0.25) is 0 Å². The van der Waals surface area contributed by atoms with Crippen LogP contribution in [-0.2, 0) is 0 Å². The van der Waals surface area contributed by atoms with E-state index in [1.807, 2.05) is 37.6 Å². The molecule has 140 valence electrons. The lowest BCUT2D eigenvalue weighted by Gasteiger charge is -2.15. The van der Waals surface area contributed by atoms with Gasteiger partial charge in [0.1, 0.15) is 10.4 Å². The number of hydrogen-bond donors (Lipinski definition) is 3. The molecule has 0 bridgehead atoms. The van der Waals surface area contributed by atoms with E-state index in [4.69, 9.17) is 0 Å². The fourth-order valence-corrected chi connectivity index (χ4v) is 4.28. The predicted molar refractivity (Wildman–Crippen MR) is 117 cm³/mol. The van der Waals surface area contributed by atoms with Crippen molar-refractivity contribution >= 4 is 44.7 Å². The summed E-state index contributed by atoms with van der Waals surface area (Å²) in [5.74, 6) is 0.226. The van der Waals surface area contributed by atoms with Crippen molar-refractivity contribution in [1.29, 1.82) is 0 Å². The lowest BCUT2D eigenvalue weighted by molar-refractivity contribution is 0.477. The third-order valence-corrected chi connectivity index (χ3v) is 5.93. The van der Waals surface area contributed by atoms with Gasteiger partial charge in [-0.3, -0.25) is 4.79 Å². The zero-order valence-corrected chi connectivity index (χ0v) is 16.9. The molecule has 2 aromatic carbocycles. The molecule has 0 aliphatic carbocycles. The van der Waals surface area contributed by atoms with E-state index in [9.17, 15) is 9.90 Å². The summed E-state index contributed by atoms with van der Waals surface area (Å²) in [6.45, 7) is 4.01. The average Bonchev–Trinajstić information content (AvgIpc) is 3.13. The van der Waals surface area contributed by atoms with Crippen molar-refractivity contribution in [3.8, 4) is 16.9 Å². The number of thiophene rings is 1. The lowest BCUT2D eigenvalue weighted by Crippen LogP contribution is -2.11. The van der Waals surface area contributed by atoms with E-state index < -0.39 is 0 Å². The molecule has 0 saturated heterocycles.